The molecule has 0 bridgehead atoms. The van der Waals surface area contributed by atoms with Crippen LogP contribution in [0.1, 0.15) is 56.9 Å². The maximum Gasteiger partial charge on any atom is 0.277 e. The summed E-state index contributed by atoms with van der Waals surface area (Å²) >= 11 is 6.56. The Morgan fingerprint density at radius 2 is 1.85 bits per heavy atom. The van der Waals surface area contributed by atoms with Gasteiger partial charge in [0.2, 0.25) is 0 Å². The molecule has 2 aromatic rings. The zero-order chi connectivity index (χ0) is 18.8. The van der Waals surface area contributed by atoms with Crippen LogP contribution >= 0.6 is 11.6 Å². The minimum Gasteiger partial charge on any atom is -0.376 e. The van der Waals surface area contributed by atoms with Crippen LogP contribution in [0.5, 0.6) is 0 Å². The van der Waals surface area contributed by atoms with E-state index < -0.39 is 0 Å². The van der Waals surface area contributed by atoms with Crippen molar-refractivity contribution in [3.05, 3.63) is 44.3 Å². The molecule has 1 heterocycles. The van der Waals surface area contributed by atoms with Crippen molar-refractivity contribution < 1.29 is 0 Å². The van der Waals surface area contributed by atoms with Crippen molar-refractivity contribution in [1.82, 2.24) is 9.55 Å². The number of benzene rings is 1. The van der Waals surface area contributed by atoms with Crippen LogP contribution in [0, 0.1) is 0 Å². The van der Waals surface area contributed by atoms with Crippen molar-refractivity contribution in [3.63, 3.8) is 0 Å². The Hall–Kier alpha value is -1.81. The van der Waals surface area contributed by atoms with Crippen LogP contribution in [0.4, 0.5) is 5.69 Å². The third-order valence-corrected chi connectivity index (χ3v) is 5.77. The Kier molecular flexibility index (Phi) is 5.71. The van der Waals surface area contributed by atoms with Crippen molar-refractivity contribution >= 4 is 17.3 Å². The van der Waals surface area contributed by atoms with Crippen LogP contribution in [0.2, 0.25) is 5.02 Å². The molecule has 26 heavy (non-hydrogen) atoms. The molecule has 0 saturated carbocycles. The van der Waals surface area contributed by atoms with E-state index in [9.17, 15) is 4.79 Å². The van der Waals surface area contributed by atoms with Gasteiger partial charge in [0.1, 0.15) is 11.5 Å². The summed E-state index contributed by atoms with van der Waals surface area (Å²) in [6, 6.07) is 4.46. The molecule has 1 aromatic carbocycles. The fraction of sp³-hybridized carbons (Fsp3) is 0.524. The normalized spacial score (nSPS) is 13.3. The molecule has 0 unspecified atom stereocenters. The molecule has 0 fully saturated rings. The molecular weight excluding hydrogens is 346 g/mol. The molecule has 1 N–H and O–H groups in total. The summed E-state index contributed by atoms with van der Waals surface area (Å²) in [6.07, 6.45) is 5.97. The number of hydrogen-bond donors (Lipinski definition) is 1. The van der Waals surface area contributed by atoms with E-state index in [-0.39, 0.29) is 11.6 Å². The first-order chi connectivity index (χ1) is 12.5. The Morgan fingerprint density at radius 1 is 1.19 bits per heavy atom. The smallest absolute Gasteiger partial charge is 0.277 e. The van der Waals surface area contributed by atoms with Gasteiger partial charge in [-0.15, -0.1) is 0 Å². The van der Waals surface area contributed by atoms with E-state index in [0.29, 0.717) is 23.0 Å². The second kappa shape index (κ2) is 7.83. The third kappa shape index (κ3) is 3.39. The fourth-order valence-electron chi connectivity index (χ4n) is 3.75. The van der Waals surface area contributed by atoms with E-state index in [1.165, 1.54) is 17.5 Å². The van der Waals surface area contributed by atoms with Crippen molar-refractivity contribution in [2.45, 2.75) is 65.3 Å². The Labute approximate surface area is 160 Å². The van der Waals surface area contributed by atoms with E-state index in [4.69, 9.17) is 16.6 Å². The number of halogens is 1. The van der Waals surface area contributed by atoms with E-state index in [1.807, 2.05) is 13.0 Å². The van der Waals surface area contributed by atoms with E-state index in [1.54, 1.807) is 11.6 Å². The van der Waals surface area contributed by atoms with Gasteiger partial charge in [0, 0.05) is 18.7 Å². The van der Waals surface area contributed by atoms with Gasteiger partial charge < -0.3 is 5.32 Å². The highest BCUT2D eigenvalue weighted by Crippen LogP contribution is 2.33. The van der Waals surface area contributed by atoms with Crippen molar-refractivity contribution in [1.29, 1.82) is 0 Å². The Morgan fingerprint density at radius 3 is 2.46 bits per heavy atom. The minimum absolute atomic E-state index is 0.0321. The number of nitrogens with zero attached hydrogens (tertiary/aromatic N) is 2. The van der Waals surface area contributed by atoms with Gasteiger partial charge in [0.25, 0.3) is 5.56 Å². The van der Waals surface area contributed by atoms with Crippen LogP contribution in [0.25, 0.3) is 11.4 Å². The van der Waals surface area contributed by atoms with Gasteiger partial charge in [-0.2, -0.15) is 0 Å². The van der Waals surface area contributed by atoms with Crippen LogP contribution in [-0.2, 0) is 26.3 Å². The van der Waals surface area contributed by atoms with Gasteiger partial charge in [0.05, 0.1) is 10.7 Å². The summed E-state index contributed by atoms with van der Waals surface area (Å²) in [5.74, 6) is 0.654. The first-order valence-electron chi connectivity index (χ1n) is 9.68. The number of hydrogen-bond acceptors (Lipinski definition) is 3. The summed E-state index contributed by atoms with van der Waals surface area (Å²) in [5.41, 5.74) is 4.92. The van der Waals surface area contributed by atoms with Crippen LogP contribution in [-0.4, -0.2) is 15.6 Å². The highest BCUT2D eigenvalue weighted by molar-refractivity contribution is 6.33. The Bertz CT molecular complexity index is 869. The number of nitrogens with one attached hydrogen (secondary N) is 1. The van der Waals surface area contributed by atoms with Crippen molar-refractivity contribution in [2.24, 2.45) is 7.05 Å². The molecule has 0 amide bonds. The molecule has 0 saturated heterocycles. The van der Waals surface area contributed by atoms with Crippen LogP contribution < -0.4 is 10.9 Å². The summed E-state index contributed by atoms with van der Waals surface area (Å²) < 4.78 is 1.63. The number of fused-ring (bicyclic) bond motifs is 1. The summed E-state index contributed by atoms with van der Waals surface area (Å²) in [5, 5.41) is 4.09. The molecule has 140 valence electrons. The lowest BCUT2D eigenvalue weighted by molar-refractivity contribution is 0.664. The molecule has 5 heteroatoms. The highest BCUT2D eigenvalue weighted by Gasteiger charge is 2.21. The molecule has 0 radical (unpaired) electrons. The summed E-state index contributed by atoms with van der Waals surface area (Å²) in [6.45, 7) is 6.29. The molecule has 1 aromatic heterocycles. The standard InChI is InChI=1S/C21H28ClN3O/c1-5-15(6-2)23-19-18(7-3)24-20(25(4)21(19)26)16-11-13-9-8-10-14(13)12-17(16)22/h11-12,15,23H,5-10H2,1-4H3. The van der Waals surface area contributed by atoms with E-state index in [0.717, 1.165) is 36.9 Å². The zero-order valence-corrected chi connectivity index (χ0v) is 16.9. The second-order valence-corrected chi connectivity index (χ2v) is 7.49. The average molecular weight is 374 g/mol. The predicted molar refractivity (Wildman–Crippen MR) is 109 cm³/mol. The maximum absolute atomic E-state index is 13.1. The molecule has 0 atom stereocenters. The topological polar surface area (TPSA) is 46.9 Å². The molecule has 1 aliphatic rings. The lowest BCUT2D eigenvalue weighted by Crippen LogP contribution is -2.30. The molecular formula is C21H28ClN3O. The number of aryl methyl sites for hydroxylation is 3. The van der Waals surface area contributed by atoms with Crippen LogP contribution in [0.15, 0.2) is 16.9 Å². The highest BCUT2D eigenvalue weighted by atomic mass is 35.5. The second-order valence-electron chi connectivity index (χ2n) is 7.09. The molecule has 3 rings (SSSR count). The summed E-state index contributed by atoms with van der Waals surface area (Å²) in [4.78, 5) is 17.9. The van der Waals surface area contributed by atoms with Gasteiger partial charge >= 0.3 is 0 Å². The molecule has 0 aliphatic heterocycles. The lowest BCUT2D eigenvalue weighted by Gasteiger charge is -2.20. The van der Waals surface area contributed by atoms with Crippen LogP contribution in [0.3, 0.4) is 0 Å². The maximum atomic E-state index is 13.1. The zero-order valence-electron chi connectivity index (χ0n) is 16.2. The first-order valence-corrected chi connectivity index (χ1v) is 10.1. The predicted octanol–water partition coefficient (Wildman–Crippen LogP) is 4.75. The third-order valence-electron chi connectivity index (χ3n) is 5.46. The van der Waals surface area contributed by atoms with E-state index in [2.05, 4.69) is 25.2 Å². The summed E-state index contributed by atoms with van der Waals surface area (Å²) in [7, 11) is 1.78. The van der Waals surface area contributed by atoms with Gasteiger partial charge in [-0.05, 0) is 61.8 Å². The molecule has 1 aliphatic carbocycles. The van der Waals surface area contributed by atoms with E-state index >= 15 is 0 Å². The first kappa shape index (κ1) is 19.0. The largest absolute Gasteiger partial charge is 0.376 e. The van der Waals surface area contributed by atoms with Gasteiger partial charge in [-0.1, -0.05) is 32.4 Å². The number of aromatic nitrogens is 2. The number of rotatable bonds is 6. The van der Waals surface area contributed by atoms with Gasteiger partial charge in [-0.25, -0.2) is 4.98 Å². The van der Waals surface area contributed by atoms with Gasteiger partial charge in [-0.3, -0.25) is 9.36 Å². The molecule has 4 nitrogen and oxygen atoms in total. The Balaban J connectivity index is 2.13. The number of anilines is 1. The van der Waals surface area contributed by atoms with Gasteiger partial charge in [0.15, 0.2) is 0 Å². The quantitative estimate of drug-likeness (QED) is 0.794. The monoisotopic (exact) mass is 373 g/mol. The van der Waals surface area contributed by atoms with Crippen molar-refractivity contribution in [3.8, 4) is 11.4 Å². The lowest BCUT2D eigenvalue weighted by atomic mass is 10.1. The minimum atomic E-state index is -0.0321. The molecule has 0 spiro atoms. The SMILES string of the molecule is CCc1nc(-c2cc3c(cc2Cl)CCC3)n(C)c(=O)c1NC(CC)CC. The van der Waals surface area contributed by atoms with Crippen molar-refractivity contribution in [2.75, 3.05) is 5.32 Å². The fourth-order valence-corrected chi connectivity index (χ4v) is 4.02. The average Bonchev–Trinajstić information content (AvgIpc) is 3.09.